The predicted octanol–water partition coefficient (Wildman–Crippen LogP) is 4.45. The summed E-state index contributed by atoms with van der Waals surface area (Å²) in [4.78, 5) is 26.3. The molecule has 1 aliphatic carbocycles. The topological polar surface area (TPSA) is 117 Å². The number of sulfonamides is 1. The van der Waals surface area contributed by atoms with Gasteiger partial charge >= 0.3 is 5.76 Å². The third-order valence-corrected chi connectivity index (χ3v) is 9.37. The second-order valence-corrected chi connectivity index (χ2v) is 11.9. The highest BCUT2D eigenvalue weighted by atomic mass is 35.5. The van der Waals surface area contributed by atoms with Crippen molar-refractivity contribution in [3.63, 3.8) is 0 Å². The van der Waals surface area contributed by atoms with Gasteiger partial charge in [0.1, 0.15) is 16.8 Å². The van der Waals surface area contributed by atoms with Gasteiger partial charge in [-0.05, 0) is 68.5 Å². The van der Waals surface area contributed by atoms with Crippen LogP contribution in [0.2, 0.25) is 5.02 Å². The summed E-state index contributed by atoms with van der Waals surface area (Å²) >= 11 is 6.29. The molecule has 3 aromatic rings. The van der Waals surface area contributed by atoms with E-state index in [0.29, 0.717) is 11.3 Å². The first-order valence-corrected chi connectivity index (χ1v) is 13.7. The number of carbonyl (C=O) groups is 1. The minimum absolute atomic E-state index is 0.0364. The molecule has 0 radical (unpaired) electrons. The molecule has 0 unspecified atom stereocenters. The first kappa shape index (κ1) is 25.6. The van der Waals surface area contributed by atoms with E-state index in [9.17, 15) is 18.0 Å². The monoisotopic (exact) mass is 548 g/mol. The van der Waals surface area contributed by atoms with E-state index >= 15 is 4.39 Å². The van der Waals surface area contributed by atoms with E-state index in [-0.39, 0.29) is 39.6 Å². The van der Waals surface area contributed by atoms with Crippen molar-refractivity contribution in [2.24, 2.45) is 0 Å². The molecule has 5 rings (SSSR count). The summed E-state index contributed by atoms with van der Waals surface area (Å²) < 4.78 is 50.2. The van der Waals surface area contributed by atoms with Crippen molar-refractivity contribution in [2.45, 2.75) is 63.4 Å². The van der Waals surface area contributed by atoms with Crippen molar-refractivity contribution in [1.82, 2.24) is 14.5 Å². The number of aromatic nitrogens is 2. The fraction of sp³-hybridized carbons (Fsp3) is 0.400. The summed E-state index contributed by atoms with van der Waals surface area (Å²) in [5.74, 6) is -2.84. The van der Waals surface area contributed by atoms with E-state index in [2.05, 4.69) is 10.2 Å². The molecule has 0 spiro atoms. The maximum atomic E-state index is 15.2. The van der Waals surface area contributed by atoms with Crippen LogP contribution in [0.5, 0.6) is 0 Å². The number of Topliss-reactive ketones (excluding diaryl/α,β-unsaturated/α-hetero) is 1. The van der Waals surface area contributed by atoms with Crippen molar-refractivity contribution in [3.05, 3.63) is 73.8 Å². The molecule has 0 saturated heterocycles. The van der Waals surface area contributed by atoms with Gasteiger partial charge in [-0.3, -0.25) is 4.79 Å². The number of fused-ring (bicyclic) bond motifs is 1. The third-order valence-electron chi connectivity index (χ3n) is 7.25. The molecule has 37 heavy (non-hydrogen) atoms. The number of aryl methyl sites for hydroxylation is 1. The zero-order valence-electron chi connectivity index (χ0n) is 20.7. The van der Waals surface area contributed by atoms with Crippen LogP contribution in [-0.2, 0) is 10.0 Å². The number of hydrogen-bond donors (Lipinski definition) is 1. The number of carbonyl (C=O) groups excluding carboxylic acids is 1. The Morgan fingerprint density at radius 3 is 2.57 bits per heavy atom. The van der Waals surface area contributed by atoms with Crippen LogP contribution in [-0.4, -0.2) is 41.4 Å². The summed E-state index contributed by atoms with van der Waals surface area (Å²) in [5, 5.41) is 6.40. The van der Waals surface area contributed by atoms with Crippen LogP contribution in [0.25, 0.3) is 0 Å². The number of nitrogens with zero attached hydrogens (tertiary/aromatic N) is 3. The fourth-order valence-electron chi connectivity index (χ4n) is 5.16. The van der Waals surface area contributed by atoms with Gasteiger partial charge in [0.25, 0.3) is 0 Å². The molecule has 12 heteroatoms. The minimum atomic E-state index is -4.37. The molecule has 2 heterocycles. The first-order chi connectivity index (χ1) is 17.4. The molecule has 2 aromatic carbocycles. The highest BCUT2D eigenvalue weighted by molar-refractivity contribution is 7.89. The lowest BCUT2D eigenvalue weighted by molar-refractivity contribution is 0.101. The molecule has 196 valence electrons. The minimum Gasteiger partial charge on any atom is -0.391 e. The second-order valence-electron chi connectivity index (χ2n) is 9.68. The highest BCUT2D eigenvalue weighted by Gasteiger charge is 2.49. The van der Waals surface area contributed by atoms with Gasteiger partial charge < -0.3 is 9.32 Å². The number of H-pyrrole nitrogens is 1. The van der Waals surface area contributed by atoms with Crippen molar-refractivity contribution >= 4 is 33.1 Å². The van der Waals surface area contributed by atoms with Gasteiger partial charge in [-0.1, -0.05) is 24.6 Å². The van der Waals surface area contributed by atoms with Gasteiger partial charge in [0.15, 0.2) is 5.78 Å². The average Bonchev–Trinajstić information content (AvgIpc) is 3.58. The van der Waals surface area contributed by atoms with Gasteiger partial charge in [0.2, 0.25) is 15.9 Å². The molecule has 9 nitrogen and oxygen atoms in total. The molecule has 1 fully saturated rings. The van der Waals surface area contributed by atoms with Crippen LogP contribution in [0.15, 0.2) is 38.4 Å². The van der Waals surface area contributed by atoms with E-state index in [0.717, 1.165) is 22.7 Å². The standard InChI is InChI=1S/C25H26ClFN4O5S/c1-12-5-8-19(27)21(13(12)2)14(3)22(24-28-29-25(33)36-24)31-11-30(17-6-7-17)20-10-16(26)9-18(15(4)32)23(20)37(31,34)35/h5,8-10,14,17,22H,6-7,11H2,1-4H3,(H,29,33)/t14-,22-/m0/s1. The summed E-state index contributed by atoms with van der Waals surface area (Å²) in [6.45, 7) is 6.43. The quantitative estimate of drug-likeness (QED) is 0.452. The van der Waals surface area contributed by atoms with Crippen LogP contribution < -0.4 is 10.7 Å². The van der Waals surface area contributed by atoms with Gasteiger partial charge in [-0.15, -0.1) is 5.10 Å². The maximum Gasteiger partial charge on any atom is 0.434 e. The molecule has 1 saturated carbocycles. The zero-order chi connectivity index (χ0) is 26.8. The van der Waals surface area contributed by atoms with Gasteiger partial charge in [0, 0.05) is 22.5 Å². The largest absolute Gasteiger partial charge is 0.434 e. The van der Waals surface area contributed by atoms with Crippen LogP contribution in [0, 0.1) is 19.7 Å². The predicted molar refractivity (Wildman–Crippen MR) is 135 cm³/mol. The molecule has 1 aromatic heterocycles. The average molecular weight is 549 g/mol. The van der Waals surface area contributed by atoms with E-state index in [1.165, 1.54) is 19.1 Å². The Morgan fingerprint density at radius 2 is 1.97 bits per heavy atom. The number of ketones is 1. The first-order valence-electron chi connectivity index (χ1n) is 11.9. The SMILES string of the molecule is CC(=O)c1cc(Cl)cc2c1S(=O)(=O)N([C@H](c1n[nH]c(=O)o1)[C@@H](C)c1c(F)ccc(C)c1C)CN2C1CC1. The third kappa shape index (κ3) is 4.28. The smallest absolute Gasteiger partial charge is 0.391 e. The number of anilines is 1. The number of benzene rings is 2. The lowest BCUT2D eigenvalue weighted by Crippen LogP contribution is -2.50. The molecule has 2 aliphatic rings. The number of nitrogens with one attached hydrogen (secondary N) is 1. The summed E-state index contributed by atoms with van der Waals surface area (Å²) in [5.41, 5.74) is 2.08. The van der Waals surface area contributed by atoms with E-state index < -0.39 is 39.3 Å². The Hall–Kier alpha value is -3.02. The number of hydrogen-bond acceptors (Lipinski definition) is 7. The number of halogens is 2. The van der Waals surface area contributed by atoms with Crippen LogP contribution in [0.4, 0.5) is 10.1 Å². The number of rotatable bonds is 6. The summed E-state index contributed by atoms with van der Waals surface area (Å²) in [6, 6.07) is 4.72. The summed E-state index contributed by atoms with van der Waals surface area (Å²) in [6.07, 6.45) is 1.66. The van der Waals surface area contributed by atoms with E-state index in [1.807, 2.05) is 11.8 Å². The van der Waals surface area contributed by atoms with Crippen LogP contribution >= 0.6 is 11.6 Å². The highest BCUT2D eigenvalue weighted by Crippen LogP contribution is 2.48. The lowest BCUT2D eigenvalue weighted by Gasteiger charge is -2.42. The molecular formula is C25H26ClFN4O5S. The van der Waals surface area contributed by atoms with Gasteiger partial charge in [-0.2, -0.15) is 4.31 Å². The Morgan fingerprint density at radius 1 is 1.27 bits per heavy atom. The molecule has 0 amide bonds. The Kier molecular flexibility index (Phi) is 6.28. The Labute approximate surface area is 218 Å². The summed E-state index contributed by atoms with van der Waals surface area (Å²) in [7, 11) is -4.37. The van der Waals surface area contributed by atoms with Crippen molar-refractivity contribution < 1.29 is 22.0 Å². The van der Waals surface area contributed by atoms with E-state index in [4.69, 9.17) is 16.0 Å². The maximum absolute atomic E-state index is 15.2. The van der Waals surface area contributed by atoms with E-state index in [1.54, 1.807) is 26.0 Å². The Balaban J connectivity index is 1.76. The Bertz CT molecular complexity index is 1580. The van der Waals surface area contributed by atoms with Crippen LogP contribution in [0.3, 0.4) is 0 Å². The lowest BCUT2D eigenvalue weighted by atomic mass is 9.87. The fourth-order valence-corrected chi connectivity index (χ4v) is 7.37. The van der Waals surface area contributed by atoms with Crippen molar-refractivity contribution in [1.29, 1.82) is 0 Å². The molecular weight excluding hydrogens is 523 g/mol. The van der Waals surface area contributed by atoms with Gasteiger partial charge in [0.05, 0.1) is 12.4 Å². The van der Waals surface area contributed by atoms with Crippen molar-refractivity contribution in [3.8, 4) is 0 Å². The van der Waals surface area contributed by atoms with Crippen molar-refractivity contribution in [2.75, 3.05) is 11.6 Å². The normalized spacial score (nSPS) is 18.9. The molecule has 1 aliphatic heterocycles. The molecule has 2 atom stereocenters. The molecule has 1 N–H and O–H groups in total. The zero-order valence-corrected chi connectivity index (χ0v) is 22.3. The second kappa shape index (κ2) is 9.07. The molecule has 0 bridgehead atoms. The number of aromatic amines is 1. The van der Waals surface area contributed by atoms with Gasteiger partial charge in [-0.25, -0.2) is 22.7 Å². The van der Waals surface area contributed by atoms with Crippen LogP contribution in [0.1, 0.15) is 71.6 Å².